The topological polar surface area (TPSA) is 55.3 Å². The van der Waals surface area contributed by atoms with Crippen LogP contribution < -0.4 is 4.74 Å². The van der Waals surface area contributed by atoms with E-state index in [4.69, 9.17) is 4.74 Å². The third-order valence-corrected chi connectivity index (χ3v) is 6.04. The highest BCUT2D eigenvalue weighted by Crippen LogP contribution is 2.36. The second kappa shape index (κ2) is 7.93. The van der Waals surface area contributed by atoms with E-state index in [0.717, 1.165) is 24.4 Å². The van der Waals surface area contributed by atoms with Crippen LogP contribution >= 0.6 is 0 Å². The molecule has 0 spiro atoms. The van der Waals surface area contributed by atoms with Crippen LogP contribution in [0.15, 0.2) is 60.9 Å². The molecule has 1 aromatic heterocycles. The van der Waals surface area contributed by atoms with Crippen molar-refractivity contribution < 1.29 is 22.7 Å². The number of nitrogens with zero attached hydrogens (tertiary/aromatic N) is 3. The smallest absolute Gasteiger partial charge is 0.416 e. The normalized spacial score (nSPS) is 20.3. The molecule has 0 unspecified atom stereocenters. The minimum atomic E-state index is -4.39. The standard InChI is InChI=1S/C24H20F3N3O2/c25-24(26,27)18-5-2-16(3-6-18)17-4-7-21-20(12-17)23(31)30-13-15(10-19(30)14-32-21)11-22-28-8-1-9-29-22/h1-9,12,15,19H,10-11,13-14H2/t15-,19+/m1/s1. The van der Waals surface area contributed by atoms with Crippen molar-refractivity contribution in [1.29, 1.82) is 0 Å². The molecule has 1 saturated heterocycles. The van der Waals surface area contributed by atoms with Gasteiger partial charge in [-0.15, -0.1) is 0 Å². The van der Waals surface area contributed by atoms with Crippen LogP contribution in [-0.2, 0) is 12.6 Å². The number of hydrogen-bond donors (Lipinski definition) is 0. The average Bonchev–Trinajstić information content (AvgIpc) is 3.14. The monoisotopic (exact) mass is 439 g/mol. The van der Waals surface area contributed by atoms with E-state index < -0.39 is 11.7 Å². The quantitative estimate of drug-likeness (QED) is 0.597. The third-order valence-electron chi connectivity index (χ3n) is 6.04. The molecule has 0 bridgehead atoms. The molecule has 8 heteroatoms. The predicted octanol–water partition coefficient (Wildman–Crippen LogP) is 4.63. The summed E-state index contributed by atoms with van der Waals surface area (Å²) in [6.45, 7) is 1.000. The summed E-state index contributed by atoms with van der Waals surface area (Å²) in [6, 6.07) is 11.9. The summed E-state index contributed by atoms with van der Waals surface area (Å²) in [4.78, 5) is 23.8. The van der Waals surface area contributed by atoms with Gasteiger partial charge in [0.05, 0.1) is 17.2 Å². The van der Waals surface area contributed by atoms with Crippen molar-refractivity contribution in [3.63, 3.8) is 0 Å². The Morgan fingerprint density at radius 2 is 1.75 bits per heavy atom. The van der Waals surface area contributed by atoms with Gasteiger partial charge in [-0.2, -0.15) is 13.2 Å². The first-order valence-corrected chi connectivity index (χ1v) is 10.4. The molecule has 1 fully saturated rings. The first-order valence-electron chi connectivity index (χ1n) is 10.4. The lowest BCUT2D eigenvalue weighted by molar-refractivity contribution is -0.137. The van der Waals surface area contributed by atoms with Gasteiger partial charge < -0.3 is 9.64 Å². The maximum atomic E-state index is 13.4. The molecule has 5 nitrogen and oxygen atoms in total. The second-order valence-electron chi connectivity index (χ2n) is 8.18. The van der Waals surface area contributed by atoms with E-state index >= 15 is 0 Å². The Hall–Kier alpha value is -3.42. The lowest BCUT2D eigenvalue weighted by Crippen LogP contribution is -2.36. The number of aromatic nitrogens is 2. The SMILES string of the molecule is O=C1c2cc(-c3ccc(C(F)(F)F)cc3)ccc2OC[C@@H]2C[C@H](Cc3ncccn3)CN12. The lowest BCUT2D eigenvalue weighted by atomic mass is 10.0. The summed E-state index contributed by atoms with van der Waals surface area (Å²) in [5.74, 6) is 1.39. The van der Waals surface area contributed by atoms with Crippen LogP contribution in [0.4, 0.5) is 13.2 Å². The zero-order chi connectivity index (χ0) is 22.3. The summed E-state index contributed by atoms with van der Waals surface area (Å²) in [5, 5.41) is 0. The number of halogens is 3. The molecular formula is C24H20F3N3O2. The summed E-state index contributed by atoms with van der Waals surface area (Å²) in [7, 11) is 0. The van der Waals surface area contributed by atoms with Crippen LogP contribution in [0.1, 0.15) is 28.2 Å². The minimum Gasteiger partial charge on any atom is -0.491 e. The summed E-state index contributed by atoms with van der Waals surface area (Å²) >= 11 is 0. The Kier molecular flexibility index (Phi) is 5.07. The summed E-state index contributed by atoms with van der Waals surface area (Å²) in [5.41, 5.74) is 1.00. The van der Waals surface area contributed by atoms with Gasteiger partial charge in [0.1, 0.15) is 18.2 Å². The fraction of sp³-hybridized carbons (Fsp3) is 0.292. The highest BCUT2D eigenvalue weighted by atomic mass is 19.4. The molecule has 164 valence electrons. The fourth-order valence-electron chi connectivity index (χ4n) is 4.46. The number of hydrogen-bond acceptors (Lipinski definition) is 4. The van der Waals surface area contributed by atoms with Crippen LogP contribution in [0.3, 0.4) is 0 Å². The average molecular weight is 439 g/mol. The van der Waals surface area contributed by atoms with Gasteiger partial charge in [0, 0.05) is 25.4 Å². The van der Waals surface area contributed by atoms with E-state index in [0.29, 0.717) is 42.0 Å². The lowest BCUT2D eigenvalue weighted by Gasteiger charge is -2.20. The minimum absolute atomic E-state index is 0.0295. The molecule has 2 aliphatic rings. The summed E-state index contributed by atoms with van der Waals surface area (Å²) in [6.07, 6.45) is 0.539. The second-order valence-corrected chi connectivity index (χ2v) is 8.18. The van der Waals surface area contributed by atoms with Crippen LogP contribution in [0.25, 0.3) is 11.1 Å². The fourth-order valence-corrected chi connectivity index (χ4v) is 4.46. The van der Waals surface area contributed by atoms with E-state index in [2.05, 4.69) is 9.97 Å². The Bertz CT molecular complexity index is 1130. The zero-order valence-electron chi connectivity index (χ0n) is 17.0. The van der Waals surface area contributed by atoms with Gasteiger partial charge in [0.2, 0.25) is 0 Å². The molecule has 2 aromatic carbocycles. The number of alkyl halides is 3. The molecule has 0 saturated carbocycles. The van der Waals surface area contributed by atoms with Gasteiger partial charge in [-0.05, 0) is 53.8 Å². The Balaban J connectivity index is 1.38. The number of rotatable bonds is 3. The van der Waals surface area contributed by atoms with E-state index in [1.807, 2.05) is 4.90 Å². The molecule has 32 heavy (non-hydrogen) atoms. The number of carbonyl (C=O) groups is 1. The van der Waals surface area contributed by atoms with Crippen molar-refractivity contribution in [2.45, 2.75) is 25.1 Å². The van der Waals surface area contributed by atoms with Gasteiger partial charge in [0.25, 0.3) is 5.91 Å². The van der Waals surface area contributed by atoms with Crippen LogP contribution in [0.2, 0.25) is 0 Å². The molecular weight excluding hydrogens is 419 g/mol. The molecule has 3 aromatic rings. The van der Waals surface area contributed by atoms with E-state index in [9.17, 15) is 18.0 Å². The molecule has 0 aliphatic carbocycles. The van der Waals surface area contributed by atoms with Crippen molar-refractivity contribution >= 4 is 5.91 Å². The van der Waals surface area contributed by atoms with Crippen LogP contribution in [-0.4, -0.2) is 40.0 Å². The first kappa shape index (κ1) is 20.5. The Morgan fingerprint density at radius 1 is 1.03 bits per heavy atom. The molecule has 5 rings (SSSR count). The number of fused-ring (bicyclic) bond motifs is 2. The van der Waals surface area contributed by atoms with Gasteiger partial charge in [-0.3, -0.25) is 4.79 Å². The summed E-state index contributed by atoms with van der Waals surface area (Å²) < 4.78 is 44.5. The molecule has 0 radical (unpaired) electrons. The largest absolute Gasteiger partial charge is 0.491 e. The van der Waals surface area contributed by atoms with Gasteiger partial charge in [-0.25, -0.2) is 9.97 Å². The van der Waals surface area contributed by atoms with Crippen LogP contribution in [0.5, 0.6) is 5.75 Å². The Morgan fingerprint density at radius 3 is 2.47 bits per heavy atom. The Labute approximate surface area is 182 Å². The van der Waals surface area contributed by atoms with Gasteiger partial charge >= 0.3 is 6.18 Å². The number of amides is 1. The zero-order valence-corrected chi connectivity index (χ0v) is 17.0. The van der Waals surface area contributed by atoms with Crippen molar-refractivity contribution in [2.75, 3.05) is 13.2 Å². The molecule has 2 aliphatic heterocycles. The number of benzene rings is 2. The van der Waals surface area contributed by atoms with E-state index in [1.165, 1.54) is 12.1 Å². The molecule has 2 atom stereocenters. The van der Waals surface area contributed by atoms with E-state index in [1.54, 1.807) is 36.7 Å². The highest BCUT2D eigenvalue weighted by Gasteiger charge is 2.39. The third kappa shape index (κ3) is 3.92. The molecule has 0 N–H and O–H groups in total. The first-order chi connectivity index (χ1) is 15.4. The van der Waals surface area contributed by atoms with Crippen LogP contribution in [0, 0.1) is 5.92 Å². The molecule has 1 amide bonds. The maximum Gasteiger partial charge on any atom is 0.416 e. The van der Waals surface area contributed by atoms with Gasteiger partial charge in [-0.1, -0.05) is 18.2 Å². The van der Waals surface area contributed by atoms with Crippen molar-refractivity contribution in [2.24, 2.45) is 5.92 Å². The van der Waals surface area contributed by atoms with E-state index in [-0.39, 0.29) is 17.9 Å². The maximum absolute atomic E-state index is 13.4. The van der Waals surface area contributed by atoms with Crippen molar-refractivity contribution in [1.82, 2.24) is 14.9 Å². The number of carbonyl (C=O) groups excluding carboxylic acids is 1. The molecule has 3 heterocycles. The van der Waals surface area contributed by atoms with Crippen molar-refractivity contribution in [3.8, 4) is 16.9 Å². The number of ether oxygens (including phenoxy) is 1. The van der Waals surface area contributed by atoms with Gasteiger partial charge in [0.15, 0.2) is 0 Å². The predicted molar refractivity (Wildman–Crippen MR) is 111 cm³/mol. The van der Waals surface area contributed by atoms with Crippen molar-refractivity contribution in [3.05, 3.63) is 77.9 Å². The highest BCUT2D eigenvalue weighted by molar-refractivity contribution is 5.99.